The molecular weight excluding hydrogens is 552 g/mol. The molecule has 3 aromatic heterocycles. The number of carbonyl (C=O) groups is 1. The van der Waals surface area contributed by atoms with Crippen LogP contribution in [0.4, 0.5) is 0 Å². The third kappa shape index (κ3) is 5.40. The highest BCUT2D eigenvalue weighted by atomic mass is 16.2. The van der Waals surface area contributed by atoms with Crippen LogP contribution in [0.3, 0.4) is 0 Å². The number of nitrogens with zero attached hydrogens (tertiary/aromatic N) is 8. The lowest BCUT2D eigenvalue weighted by Crippen LogP contribution is -2.51. The van der Waals surface area contributed by atoms with Crippen molar-refractivity contribution in [2.45, 2.75) is 18.6 Å². The average molecular weight is 585 g/mol. The zero-order valence-electron chi connectivity index (χ0n) is 24.1. The highest BCUT2D eigenvalue weighted by Gasteiger charge is 2.35. The lowest BCUT2D eigenvalue weighted by atomic mass is 9.91. The number of rotatable bonds is 8. The van der Waals surface area contributed by atoms with E-state index in [1.165, 1.54) is 5.56 Å². The van der Waals surface area contributed by atoms with Crippen molar-refractivity contribution in [3.8, 4) is 0 Å². The Morgan fingerprint density at radius 3 is 2.14 bits per heavy atom. The van der Waals surface area contributed by atoms with Crippen LogP contribution in [-0.4, -0.2) is 76.4 Å². The molecule has 0 unspecified atom stereocenters. The Morgan fingerprint density at radius 2 is 1.45 bits per heavy atom. The van der Waals surface area contributed by atoms with Crippen LogP contribution in [0, 0.1) is 5.41 Å². The first kappa shape index (κ1) is 27.4. The molecule has 2 N–H and O–H groups in total. The van der Waals surface area contributed by atoms with E-state index in [1.807, 2.05) is 62.8 Å². The lowest BCUT2D eigenvalue weighted by molar-refractivity contribution is 0.0511. The second-order valence-electron chi connectivity index (χ2n) is 10.9. The molecule has 0 saturated carbocycles. The molecule has 220 valence electrons. The number of fused-ring (bicyclic) bond motifs is 1. The molecule has 11 nitrogen and oxygen atoms in total. The molecular formula is C33H32N10O. The smallest absolute Gasteiger partial charge is 0.253 e. The molecule has 7 rings (SSSR count). The zero-order chi connectivity index (χ0) is 29.9. The van der Waals surface area contributed by atoms with Crippen LogP contribution in [0.5, 0.6) is 0 Å². The van der Waals surface area contributed by atoms with Crippen LogP contribution in [0.1, 0.15) is 39.3 Å². The SMILES string of the molecule is N=c1ncn(Cc2cn([C@H](c3ccccc3)[C@H](c3ccccc3)N3CCN(C(=O)c4ccccc4)CC3)nn2)c2nc[nH]c12. The lowest BCUT2D eigenvalue weighted by Gasteiger charge is -2.42. The molecule has 11 heteroatoms. The van der Waals surface area contributed by atoms with Gasteiger partial charge in [-0.3, -0.25) is 15.1 Å². The van der Waals surface area contributed by atoms with Crippen LogP contribution in [0.2, 0.25) is 0 Å². The predicted molar refractivity (Wildman–Crippen MR) is 165 cm³/mol. The Kier molecular flexibility index (Phi) is 7.51. The predicted octanol–water partition coefficient (Wildman–Crippen LogP) is 3.67. The van der Waals surface area contributed by atoms with Gasteiger partial charge in [-0.15, -0.1) is 5.10 Å². The summed E-state index contributed by atoms with van der Waals surface area (Å²) in [4.78, 5) is 29.2. The quantitative estimate of drug-likeness (QED) is 0.281. The van der Waals surface area contributed by atoms with Crippen molar-refractivity contribution in [2.24, 2.45) is 0 Å². The molecule has 4 heterocycles. The summed E-state index contributed by atoms with van der Waals surface area (Å²) in [6.45, 7) is 3.13. The molecule has 0 radical (unpaired) electrons. The number of amides is 1. The Morgan fingerprint density at radius 1 is 0.818 bits per heavy atom. The van der Waals surface area contributed by atoms with Gasteiger partial charge in [0, 0.05) is 31.7 Å². The van der Waals surface area contributed by atoms with E-state index in [1.54, 1.807) is 12.7 Å². The summed E-state index contributed by atoms with van der Waals surface area (Å²) in [5, 5.41) is 17.3. The minimum atomic E-state index is -0.180. The van der Waals surface area contributed by atoms with Crippen molar-refractivity contribution >= 4 is 17.1 Å². The second-order valence-corrected chi connectivity index (χ2v) is 10.9. The normalized spacial score (nSPS) is 15.3. The van der Waals surface area contributed by atoms with E-state index in [0.29, 0.717) is 30.8 Å². The van der Waals surface area contributed by atoms with Crippen molar-refractivity contribution in [1.29, 1.82) is 5.41 Å². The molecule has 6 aromatic rings. The molecule has 1 aliphatic rings. The molecule has 3 aromatic carbocycles. The highest BCUT2D eigenvalue weighted by molar-refractivity contribution is 5.94. The summed E-state index contributed by atoms with van der Waals surface area (Å²) in [5.74, 6) is 0.0681. The number of hydrogen-bond donors (Lipinski definition) is 2. The Labute approximate surface area is 253 Å². The van der Waals surface area contributed by atoms with Crippen molar-refractivity contribution in [3.63, 3.8) is 0 Å². The average Bonchev–Trinajstić information content (AvgIpc) is 3.77. The van der Waals surface area contributed by atoms with Gasteiger partial charge >= 0.3 is 0 Å². The van der Waals surface area contributed by atoms with Crippen LogP contribution < -0.4 is 5.49 Å². The molecule has 0 aliphatic carbocycles. The van der Waals surface area contributed by atoms with Gasteiger partial charge in [-0.05, 0) is 23.3 Å². The molecule has 44 heavy (non-hydrogen) atoms. The van der Waals surface area contributed by atoms with Crippen LogP contribution >= 0.6 is 0 Å². The minimum Gasteiger partial charge on any atom is -0.340 e. The third-order valence-corrected chi connectivity index (χ3v) is 8.23. The third-order valence-electron chi connectivity index (χ3n) is 8.23. The maximum atomic E-state index is 13.2. The van der Waals surface area contributed by atoms with E-state index in [9.17, 15) is 4.79 Å². The van der Waals surface area contributed by atoms with Gasteiger partial charge in [-0.2, -0.15) is 0 Å². The highest BCUT2D eigenvalue weighted by Crippen LogP contribution is 2.37. The van der Waals surface area contributed by atoms with E-state index in [0.717, 1.165) is 29.9 Å². The molecule has 1 fully saturated rings. The van der Waals surface area contributed by atoms with Crippen molar-refractivity contribution in [1.82, 2.24) is 44.3 Å². The Bertz CT molecular complexity index is 1910. The number of aromatic nitrogens is 7. The summed E-state index contributed by atoms with van der Waals surface area (Å²) in [6, 6.07) is 30.2. The first-order valence-corrected chi connectivity index (χ1v) is 14.7. The standard InChI is InChI=1S/C33H32N10O/c34-31-28-32(36-22-35-28)42(23-37-31)20-27-21-43(39-38-27)30(25-12-6-2-7-13-25)29(24-10-4-1-5-11-24)40-16-18-41(19-17-40)33(44)26-14-8-3-9-15-26/h1-15,21-23,29-30,34H,16-20H2,(H,35,36)/t29-,30+/m0/s1. The fourth-order valence-corrected chi connectivity index (χ4v) is 6.08. The summed E-state index contributed by atoms with van der Waals surface area (Å²) in [6.07, 6.45) is 5.17. The number of benzene rings is 3. The fraction of sp³-hybridized carbons (Fsp3) is 0.212. The van der Waals surface area contributed by atoms with Gasteiger partial charge in [0.05, 0.1) is 37.5 Å². The van der Waals surface area contributed by atoms with Gasteiger partial charge in [-0.25, -0.2) is 14.6 Å². The molecule has 1 saturated heterocycles. The van der Waals surface area contributed by atoms with E-state index in [-0.39, 0.29) is 23.5 Å². The van der Waals surface area contributed by atoms with Crippen LogP contribution in [0.25, 0.3) is 11.2 Å². The van der Waals surface area contributed by atoms with Gasteiger partial charge in [0.25, 0.3) is 5.91 Å². The number of nitrogens with one attached hydrogen (secondary N) is 2. The van der Waals surface area contributed by atoms with Gasteiger partial charge < -0.3 is 14.5 Å². The van der Waals surface area contributed by atoms with Crippen molar-refractivity contribution < 1.29 is 4.79 Å². The molecule has 2 atom stereocenters. The maximum absolute atomic E-state index is 13.2. The number of hydrogen-bond acceptors (Lipinski definition) is 7. The fourth-order valence-electron chi connectivity index (χ4n) is 6.08. The first-order chi connectivity index (χ1) is 21.7. The van der Waals surface area contributed by atoms with Gasteiger partial charge in [0.2, 0.25) is 0 Å². The molecule has 1 amide bonds. The number of H-pyrrole nitrogens is 1. The summed E-state index contributed by atoms with van der Waals surface area (Å²) < 4.78 is 3.83. The van der Waals surface area contributed by atoms with E-state index in [4.69, 9.17) is 5.41 Å². The van der Waals surface area contributed by atoms with Gasteiger partial charge in [0.15, 0.2) is 11.1 Å². The van der Waals surface area contributed by atoms with E-state index < -0.39 is 0 Å². The van der Waals surface area contributed by atoms with Crippen LogP contribution in [0.15, 0.2) is 110 Å². The van der Waals surface area contributed by atoms with Gasteiger partial charge in [0.1, 0.15) is 11.2 Å². The summed E-state index contributed by atoms with van der Waals surface area (Å²) in [5.41, 5.74) is 5.13. The maximum Gasteiger partial charge on any atom is 0.253 e. The monoisotopic (exact) mass is 584 g/mol. The Balaban J connectivity index is 1.22. The molecule has 1 aliphatic heterocycles. The van der Waals surface area contributed by atoms with E-state index in [2.05, 4.69) is 78.7 Å². The first-order valence-electron chi connectivity index (χ1n) is 14.7. The van der Waals surface area contributed by atoms with E-state index >= 15 is 0 Å². The Hall–Kier alpha value is -5.42. The summed E-state index contributed by atoms with van der Waals surface area (Å²) >= 11 is 0. The number of imidazole rings is 1. The van der Waals surface area contributed by atoms with Crippen molar-refractivity contribution in [2.75, 3.05) is 26.2 Å². The largest absolute Gasteiger partial charge is 0.340 e. The second kappa shape index (κ2) is 12.1. The zero-order valence-corrected chi connectivity index (χ0v) is 24.1. The summed E-state index contributed by atoms with van der Waals surface area (Å²) in [7, 11) is 0. The van der Waals surface area contributed by atoms with Crippen LogP contribution in [-0.2, 0) is 6.54 Å². The number of piperazine rings is 1. The van der Waals surface area contributed by atoms with Crippen molar-refractivity contribution in [3.05, 3.63) is 138 Å². The number of carbonyl (C=O) groups excluding carboxylic acids is 1. The topological polar surface area (TPSA) is 125 Å². The van der Waals surface area contributed by atoms with Gasteiger partial charge in [-0.1, -0.05) is 84.1 Å². The minimum absolute atomic E-state index is 0.0582. The number of aromatic amines is 1. The molecule has 0 spiro atoms. The molecule has 0 bridgehead atoms.